The molecule has 7 nitrogen and oxygen atoms in total. The lowest BCUT2D eigenvalue weighted by atomic mass is 10.1. The molecular weight excluding hydrogens is 412 g/mol. The maximum Gasteiger partial charge on any atom is 0.312 e. The number of fused-ring (bicyclic) bond motifs is 1. The number of aryl methyl sites for hydroxylation is 1. The number of thiophene rings is 1. The van der Waals surface area contributed by atoms with Crippen LogP contribution >= 0.6 is 11.3 Å². The first-order valence-electron chi connectivity index (χ1n) is 9.48. The van der Waals surface area contributed by atoms with Gasteiger partial charge in [0.15, 0.2) is 5.95 Å². The molecule has 0 unspecified atom stereocenters. The predicted molar refractivity (Wildman–Crippen MR) is 115 cm³/mol. The van der Waals surface area contributed by atoms with Gasteiger partial charge in [-0.2, -0.15) is 0 Å². The maximum absolute atomic E-state index is 13.3. The van der Waals surface area contributed by atoms with Crippen LogP contribution in [-0.2, 0) is 0 Å². The molecule has 0 radical (unpaired) electrons. The molecule has 5 aromatic rings. The second-order valence-corrected chi connectivity index (χ2v) is 8.04. The Hall–Kier alpha value is -4.04. The number of pyridine rings is 1. The fourth-order valence-electron chi connectivity index (χ4n) is 3.34. The summed E-state index contributed by atoms with van der Waals surface area (Å²) in [7, 11) is 0. The number of ketones is 1. The van der Waals surface area contributed by atoms with Crippen molar-refractivity contribution in [3.05, 3.63) is 82.9 Å². The number of nitrogen functional groups attached to an aromatic ring is 1. The van der Waals surface area contributed by atoms with Gasteiger partial charge in [-0.25, -0.2) is 4.98 Å². The Morgan fingerprint density at radius 2 is 1.81 bits per heavy atom. The third-order valence-electron chi connectivity index (χ3n) is 4.97. The van der Waals surface area contributed by atoms with Gasteiger partial charge in [0, 0.05) is 23.1 Å². The first-order valence-corrected chi connectivity index (χ1v) is 10.3. The van der Waals surface area contributed by atoms with Gasteiger partial charge in [0.1, 0.15) is 9.71 Å². The number of aromatic nitrogens is 3. The molecule has 0 aliphatic carbocycles. The normalized spacial score (nSPS) is 11.1. The average Bonchev–Trinajstić information content (AvgIpc) is 3.34. The van der Waals surface area contributed by atoms with Crippen molar-refractivity contribution < 1.29 is 19.1 Å². The summed E-state index contributed by atoms with van der Waals surface area (Å²) in [6.45, 7) is 2.02. The summed E-state index contributed by atoms with van der Waals surface area (Å²) in [5.74, 6) is -1.37. The molecule has 0 saturated heterocycles. The van der Waals surface area contributed by atoms with Crippen molar-refractivity contribution in [2.45, 2.75) is 6.92 Å². The third kappa shape index (κ3) is 3.23. The van der Waals surface area contributed by atoms with Gasteiger partial charge in [-0.1, -0.05) is 48.0 Å². The summed E-state index contributed by atoms with van der Waals surface area (Å²) in [4.78, 5) is 18.8. The van der Waals surface area contributed by atoms with Crippen molar-refractivity contribution in [3.8, 4) is 22.9 Å². The molecule has 2 N–H and O–H groups in total. The molecule has 0 spiro atoms. The second-order valence-electron chi connectivity index (χ2n) is 7.05. The molecule has 3 aromatic heterocycles. The van der Waals surface area contributed by atoms with E-state index in [0.717, 1.165) is 28.2 Å². The van der Waals surface area contributed by atoms with E-state index in [-0.39, 0.29) is 16.3 Å². The first kappa shape index (κ1) is 19.0. The molecule has 0 bridgehead atoms. The number of hydrogen-bond acceptors (Lipinski definition) is 7. The molecule has 0 fully saturated rings. The van der Waals surface area contributed by atoms with Gasteiger partial charge in [-0.05, 0) is 23.7 Å². The monoisotopic (exact) mass is 428 g/mol. The van der Waals surface area contributed by atoms with E-state index in [2.05, 4.69) is 10.3 Å². The molecule has 0 atom stereocenters. The maximum atomic E-state index is 13.3. The fraction of sp³-hybridized carbons (Fsp3) is 0.0435. The van der Waals surface area contributed by atoms with Crippen LogP contribution in [0.5, 0.6) is 5.95 Å². The van der Waals surface area contributed by atoms with E-state index < -0.39 is 11.7 Å². The minimum atomic E-state index is -0.820. The molecule has 31 heavy (non-hydrogen) atoms. The van der Waals surface area contributed by atoms with Crippen molar-refractivity contribution >= 4 is 33.0 Å². The molecule has 0 saturated carbocycles. The van der Waals surface area contributed by atoms with E-state index >= 15 is 0 Å². The smallest absolute Gasteiger partial charge is 0.312 e. The van der Waals surface area contributed by atoms with Crippen LogP contribution in [0.1, 0.15) is 20.9 Å². The van der Waals surface area contributed by atoms with Crippen LogP contribution < -0.4 is 15.5 Å². The van der Waals surface area contributed by atoms with Crippen LogP contribution in [0.4, 0.5) is 5.69 Å². The number of benzene rings is 2. The van der Waals surface area contributed by atoms with Crippen molar-refractivity contribution in [2.75, 3.05) is 5.73 Å². The number of carbonyl (C=O) groups is 1. The Balaban J connectivity index is 1.60. The van der Waals surface area contributed by atoms with Gasteiger partial charge in [0.2, 0.25) is 5.69 Å². The minimum absolute atomic E-state index is 0.205. The zero-order chi connectivity index (χ0) is 21.5. The van der Waals surface area contributed by atoms with E-state index in [0.29, 0.717) is 15.9 Å². The molecule has 8 heteroatoms. The molecule has 0 amide bonds. The van der Waals surface area contributed by atoms with Crippen LogP contribution in [0.25, 0.3) is 27.2 Å². The van der Waals surface area contributed by atoms with Gasteiger partial charge in [0.25, 0.3) is 5.78 Å². The molecule has 0 aliphatic rings. The summed E-state index contributed by atoms with van der Waals surface area (Å²) >= 11 is 1.15. The number of para-hydroxylation sites is 1. The lowest BCUT2D eigenvalue weighted by molar-refractivity contribution is -0.672. The molecule has 5 rings (SSSR count). The molecule has 0 aliphatic heterocycles. The molecule has 152 valence electrons. The number of anilines is 1. The Kier molecular flexibility index (Phi) is 4.48. The highest BCUT2D eigenvalue weighted by atomic mass is 32.1. The van der Waals surface area contributed by atoms with Crippen LogP contribution in [0, 0.1) is 6.92 Å². The topological polar surface area (TPSA) is 109 Å². The summed E-state index contributed by atoms with van der Waals surface area (Å²) in [5.41, 5.74) is 9.80. The van der Waals surface area contributed by atoms with Gasteiger partial charge < -0.3 is 15.4 Å². The van der Waals surface area contributed by atoms with Crippen molar-refractivity contribution in [1.29, 1.82) is 0 Å². The Morgan fingerprint density at radius 3 is 2.55 bits per heavy atom. The quantitative estimate of drug-likeness (QED) is 0.347. The van der Waals surface area contributed by atoms with Crippen LogP contribution in [0.2, 0.25) is 0 Å². The van der Waals surface area contributed by atoms with Crippen LogP contribution in [0.3, 0.4) is 0 Å². The Morgan fingerprint density at radius 1 is 1.06 bits per heavy atom. The Bertz CT molecular complexity index is 1420. The number of nitrogens with zero attached hydrogens (tertiary/aromatic N) is 3. The van der Waals surface area contributed by atoms with Gasteiger partial charge in [0.05, 0.1) is 16.7 Å². The van der Waals surface area contributed by atoms with Crippen LogP contribution in [0.15, 0.2) is 71.3 Å². The largest absolute Gasteiger partial charge is 0.539 e. The lowest BCUT2D eigenvalue weighted by Crippen LogP contribution is -2.39. The number of hydrogen-bond donors (Lipinski definition) is 1. The van der Waals surface area contributed by atoms with E-state index in [1.54, 1.807) is 24.3 Å². The minimum Gasteiger partial charge on any atom is -0.539 e. The van der Waals surface area contributed by atoms with Gasteiger partial charge in [-0.3, -0.25) is 4.79 Å². The summed E-state index contributed by atoms with van der Waals surface area (Å²) in [6.07, 6.45) is 0. The third-order valence-corrected chi connectivity index (χ3v) is 6.09. The Labute approximate surface area is 181 Å². The van der Waals surface area contributed by atoms with Crippen LogP contribution in [-0.4, -0.2) is 16.0 Å². The molecule has 2 aromatic carbocycles. The fourth-order valence-corrected chi connectivity index (χ4v) is 4.38. The van der Waals surface area contributed by atoms with E-state index in [4.69, 9.17) is 10.3 Å². The van der Waals surface area contributed by atoms with Crippen molar-refractivity contribution in [1.82, 2.24) is 10.3 Å². The highest BCUT2D eigenvalue weighted by Gasteiger charge is 2.32. The molecular formula is C23H16N4O3S. The van der Waals surface area contributed by atoms with Gasteiger partial charge in [-0.15, -0.1) is 11.3 Å². The summed E-state index contributed by atoms with van der Waals surface area (Å²) in [5, 5.41) is 16.7. The zero-order valence-corrected chi connectivity index (χ0v) is 17.2. The van der Waals surface area contributed by atoms with E-state index in [9.17, 15) is 9.90 Å². The van der Waals surface area contributed by atoms with Crippen molar-refractivity contribution in [2.24, 2.45) is 0 Å². The SMILES string of the molecule is Cc1ccc(-c2ccc3c(N)c(C(=O)c4c([O-])on[n+]4-c4ccccc4)sc3n2)cc1. The predicted octanol–water partition coefficient (Wildman–Crippen LogP) is 3.42. The summed E-state index contributed by atoms with van der Waals surface area (Å²) in [6, 6.07) is 20.6. The zero-order valence-electron chi connectivity index (χ0n) is 16.4. The van der Waals surface area contributed by atoms with Gasteiger partial charge >= 0.3 is 5.69 Å². The first-order chi connectivity index (χ1) is 15.0. The number of nitrogens with two attached hydrogens (primary N) is 1. The number of rotatable bonds is 4. The summed E-state index contributed by atoms with van der Waals surface area (Å²) < 4.78 is 5.97. The van der Waals surface area contributed by atoms with E-state index in [1.807, 2.05) is 49.4 Å². The highest BCUT2D eigenvalue weighted by molar-refractivity contribution is 7.21. The lowest BCUT2D eigenvalue weighted by Gasteiger charge is -2.01. The van der Waals surface area contributed by atoms with E-state index in [1.165, 1.54) is 4.68 Å². The van der Waals surface area contributed by atoms with Crippen molar-refractivity contribution in [3.63, 3.8) is 0 Å². The second kappa shape index (κ2) is 7.33. The average molecular weight is 428 g/mol. The standard InChI is InChI=1S/C23H16N4O3S/c1-13-7-9-14(10-8-13)17-12-11-16-18(24)21(31-22(16)25-17)20(28)19-23(29)30-26-27(19)15-5-3-2-4-6-15/h2-12H,1H3,(H2-,24,26,28,29). The number of carbonyl (C=O) groups excluding carboxylic acids is 1. The highest BCUT2D eigenvalue weighted by Crippen LogP contribution is 2.36. The molecule has 3 heterocycles.